The maximum absolute atomic E-state index is 6.39. The zero-order chi connectivity index (χ0) is 14.6. The number of halogens is 4. The van der Waals surface area contributed by atoms with Crippen LogP contribution >= 0.6 is 77.7 Å². The third kappa shape index (κ3) is 2.00. The molecular weight excluding hydrogens is 471 g/mol. The van der Waals surface area contributed by atoms with Gasteiger partial charge < -0.3 is 9.47 Å². The van der Waals surface area contributed by atoms with Crippen LogP contribution in [-0.2, 0) is 0 Å². The van der Waals surface area contributed by atoms with E-state index in [0.717, 1.165) is 39.2 Å². The first kappa shape index (κ1) is 15.2. The molecule has 0 spiro atoms. The summed E-state index contributed by atoms with van der Waals surface area (Å²) in [6.07, 6.45) is 0. The fourth-order valence-electron chi connectivity index (χ4n) is 2.11. The van der Waals surface area contributed by atoms with Gasteiger partial charge in [0.15, 0.2) is 0 Å². The van der Waals surface area contributed by atoms with Crippen LogP contribution in [0.2, 0.25) is 10.0 Å². The molecule has 0 bridgehead atoms. The van der Waals surface area contributed by atoms with Crippen molar-refractivity contribution in [3.05, 3.63) is 17.6 Å². The van der Waals surface area contributed by atoms with E-state index < -0.39 is 0 Å². The first-order valence-corrected chi connectivity index (χ1v) is 9.27. The van der Waals surface area contributed by atoms with Crippen molar-refractivity contribution in [2.24, 2.45) is 0 Å². The van der Waals surface area contributed by atoms with Gasteiger partial charge >= 0.3 is 0 Å². The van der Waals surface area contributed by atoms with Gasteiger partial charge in [0, 0.05) is 0 Å². The zero-order valence-corrected chi connectivity index (χ0v) is 16.5. The standard InChI is InChI=1S/C12H6Br2Cl2O2S2/c1-17-7-3-5(15)11(13)20-10(3)8(18-2)4-6(16)12(14)19-9(4)7/h1-2H3. The lowest BCUT2D eigenvalue weighted by molar-refractivity contribution is 0.419. The summed E-state index contributed by atoms with van der Waals surface area (Å²) in [7, 11) is 3.26. The zero-order valence-electron chi connectivity index (χ0n) is 10.1. The largest absolute Gasteiger partial charge is 0.495 e. The lowest BCUT2D eigenvalue weighted by Gasteiger charge is -2.09. The van der Waals surface area contributed by atoms with Crippen molar-refractivity contribution in [1.29, 1.82) is 0 Å². The lowest BCUT2D eigenvalue weighted by atomic mass is 10.1. The maximum Gasteiger partial charge on any atom is 0.147 e. The topological polar surface area (TPSA) is 18.5 Å². The summed E-state index contributed by atoms with van der Waals surface area (Å²) < 4.78 is 14.7. The molecule has 8 heteroatoms. The van der Waals surface area contributed by atoms with Crippen molar-refractivity contribution in [2.45, 2.75) is 0 Å². The summed E-state index contributed by atoms with van der Waals surface area (Å²) in [5.41, 5.74) is 0. The highest BCUT2D eigenvalue weighted by Gasteiger charge is 2.25. The van der Waals surface area contributed by atoms with Crippen LogP contribution in [0.25, 0.3) is 20.2 Å². The van der Waals surface area contributed by atoms with Crippen molar-refractivity contribution >= 4 is 97.9 Å². The van der Waals surface area contributed by atoms with Crippen molar-refractivity contribution in [3.63, 3.8) is 0 Å². The number of fused-ring (bicyclic) bond motifs is 2. The van der Waals surface area contributed by atoms with Crippen molar-refractivity contribution in [1.82, 2.24) is 0 Å². The number of methoxy groups -OCH3 is 2. The van der Waals surface area contributed by atoms with Gasteiger partial charge in [-0.15, -0.1) is 22.7 Å². The highest BCUT2D eigenvalue weighted by atomic mass is 79.9. The molecule has 0 radical (unpaired) electrons. The molecule has 2 nitrogen and oxygen atoms in total. The molecule has 3 rings (SSSR count). The van der Waals surface area contributed by atoms with Gasteiger partial charge in [-0.25, -0.2) is 0 Å². The molecule has 106 valence electrons. The average molecular weight is 477 g/mol. The SMILES string of the molecule is COc1c2sc(Br)c(Cl)c2c(OC)c2sc(Br)c(Cl)c12. The number of benzene rings is 1. The van der Waals surface area contributed by atoms with E-state index in [2.05, 4.69) is 31.9 Å². The molecule has 0 saturated heterocycles. The molecule has 0 aliphatic heterocycles. The van der Waals surface area contributed by atoms with E-state index in [4.69, 9.17) is 32.7 Å². The quantitative estimate of drug-likeness (QED) is 0.398. The molecule has 0 unspecified atom stereocenters. The predicted octanol–water partition coefficient (Wildman–Crippen LogP) is 6.97. The summed E-state index contributed by atoms with van der Waals surface area (Å²) in [5.74, 6) is 1.45. The highest BCUT2D eigenvalue weighted by molar-refractivity contribution is 9.11. The van der Waals surface area contributed by atoms with E-state index in [-0.39, 0.29) is 0 Å². The van der Waals surface area contributed by atoms with Crippen LogP contribution in [0.15, 0.2) is 7.57 Å². The number of hydrogen-bond acceptors (Lipinski definition) is 4. The van der Waals surface area contributed by atoms with Gasteiger partial charge in [-0.05, 0) is 31.9 Å². The summed E-state index contributed by atoms with van der Waals surface area (Å²) in [6.45, 7) is 0. The highest BCUT2D eigenvalue weighted by Crippen LogP contribution is 2.56. The number of hydrogen-bond donors (Lipinski definition) is 0. The van der Waals surface area contributed by atoms with Crippen LogP contribution < -0.4 is 9.47 Å². The smallest absolute Gasteiger partial charge is 0.147 e. The molecule has 0 fully saturated rings. The Kier molecular flexibility index (Phi) is 4.16. The Morgan fingerprint density at radius 2 is 1.15 bits per heavy atom. The molecule has 0 aliphatic rings. The van der Waals surface area contributed by atoms with Gasteiger partial charge in [-0.1, -0.05) is 23.2 Å². The van der Waals surface area contributed by atoms with Gasteiger partial charge in [0.1, 0.15) is 11.5 Å². The first-order chi connectivity index (χ1) is 9.51. The Labute approximate surface area is 149 Å². The van der Waals surface area contributed by atoms with E-state index in [1.54, 1.807) is 14.2 Å². The van der Waals surface area contributed by atoms with Crippen LogP contribution in [0, 0.1) is 0 Å². The Balaban J connectivity index is 2.67. The van der Waals surface area contributed by atoms with Crippen LogP contribution in [0.3, 0.4) is 0 Å². The predicted molar refractivity (Wildman–Crippen MR) is 95.7 cm³/mol. The van der Waals surface area contributed by atoms with E-state index in [0.29, 0.717) is 10.0 Å². The van der Waals surface area contributed by atoms with Crippen molar-refractivity contribution < 1.29 is 9.47 Å². The molecule has 0 atom stereocenters. The molecule has 0 N–H and O–H groups in total. The first-order valence-electron chi connectivity index (χ1n) is 5.30. The minimum atomic E-state index is 0.627. The normalized spacial score (nSPS) is 11.5. The number of ether oxygens (including phenoxy) is 2. The third-order valence-electron chi connectivity index (χ3n) is 2.90. The Morgan fingerprint density at radius 1 is 0.800 bits per heavy atom. The second-order valence-electron chi connectivity index (χ2n) is 3.85. The molecule has 0 saturated carbocycles. The minimum absolute atomic E-state index is 0.627. The third-order valence-corrected chi connectivity index (χ3v) is 8.05. The van der Waals surface area contributed by atoms with Crippen molar-refractivity contribution in [3.8, 4) is 11.5 Å². The van der Waals surface area contributed by atoms with E-state index in [9.17, 15) is 0 Å². The van der Waals surface area contributed by atoms with Crippen molar-refractivity contribution in [2.75, 3.05) is 14.2 Å². The van der Waals surface area contributed by atoms with Gasteiger partial charge in [-0.2, -0.15) is 0 Å². The Bertz CT molecular complexity index is 771. The molecule has 0 aliphatic carbocycles. The van der Waals surface area contributed by atoms with E-state index >= 15 is 0 Å². The fraction of sp³-hybridized carbons (Fsp3) is 0.167. The van der Waals surface area contributed by atoms with Gasteiger partial charge in [0.05, 0.1) is 52.0 Å². The molecule has 2 aromatic heterocycles. The second kappa shape index (κ2) is 5.48. The number of rotatable bonds is 2. The molecule has 2 heterocycles. The molecular formula is C12H6Br2Cl2O2S2. The maximum atomic E-state index is 6.39. The lowest BCUT2D eigenvalue weighted by Crippen LogP contribution is -1.89. The molecule has 3 aromatic rings. The molecule has 0 amide bonds. The molecule has 1 aromatic carbocycles. The van der Waals surface area contributed by atoms with Gasteiger partial charge in [0.25, 0.3) is 0 Å². The Hall–Kier alpha value is 0.280. The second-order valence-corrected chi connectivity index (χ2v) is 9.29. The van der Waals surface area contributed by atoms with Crippen LogP contribution in [0.1, 0.15) is 0 Å². The molecule has 20 heavy (non-hydrogen) atoms. The fourth-order valence-corrected chi connectivity index (χ4v) is 6.07. The monoisotopic (exact) mass is 474 g/mol. The average Bonchev–Trinajstić information content (AvgIpc) is 2.88. The van der Waals surface area contributed by atoms with Gasteiger partial charge in [0.2, 0.25) is 0 Å². The van der Waals surface area contributed by atoms with Crippen LogP contribution in [0.5, 0.6) is 11.5 Å². The van der Waals surface area contributed by atoms with E-state index in [1.807, 2.05) is 0 Å². The Morgan fingerprint density at radius 3 is 1.45 bits per heavy atom. The van der Waals surface area contributed by atoms with Crippen LogP contribution in [0.4, 0.5) is 0 Å². The summed E-state index contributed by atoms with van der Waals surface area (Å²) in [4.78, 5) is 0. The summed E-state index contributed by atoms with van der Waals surface area (Å²) in [6, 6.07) is 0. The summed E-state index contributed by atoms with van der Waals surface area (Å²) >= 11 is 22.7. The number of thiophene rings is 2. The minimum Gasteiger partial charge on any atom is -0.495 e. The summed E-state index contributed by atoms with van der Waals surface area (Å²) in [5, 5.41) is 2.95. The van der Waals surface area contributed by atoms with Crippen LogP contribution in [-0.4, -0.2) is 14.2 Å². The van der Waals surface area contributed by atoms with E-state index in [1.165, 1.54) is 22.7 Å². The van der Waals surface area contributed by atoms with Gasteiger partial charge in [-0.3, -0.25) is 0 Å².